The summed E-state index contributed by atoms with van der Waals surface area (Å²) in [5.41, 5.74) is 1.33. The van der Waals surface area contributed by atoms with E-state index in [-0.39, 0.29) is 32.6 Å². The van der Waals surface area contributed by atoms with Gasteiger partial charge in [-0.2, -0.15) is 0 Å². The lowest BCUT2D eigenvalue weighted by Gasteiger charge is -2.19. The van der Waals surface area contributed by atoms with E-state index in [9.17, 15) is 22.8 Å². The van der Waals surface area contributed by atoms with Gasteiger partial charge in [-0.25, -0.2) is 18.0 Å². The number of esters is 1. The number of para-hydroxylation sites is 1. The molecule has 1 fully saturated rings. The number of benzene rings is 2. The molecule has 1 aliphatic carbocycles. The number of sulfone groups is 1. The van der Waals surface area contributed by atoms with Gasteiger partial charge in [0.25, 0.3) is 5.91 Å². The summed E-state index contributed by atoms with van der Waals surface area (Å²) in [6, 6.07) is 11.0. The molecule has 3 aromatic rings. The molecule has 1 aliphatic rings. The predicted molar refractivity (Wildman–Crippen MR) is 156 cm³/mol. The largest absolute Gasteiger partial charge is 0.467 e. The van der Waals surface area contributed by atoms with Gasteiger partial charge in [0.1, 0.15) is 6.04 Å². The average Bonchev–Trinajstić information content (AvgIpc) is 3.50. The van der Waals surface area contributed by atoms with Crippen LogP contribution < -0.4 is 16.0 Å². The summed E-state index contributed by atoms with van der Waals surface area (Å²) in [5.74, 6) is -1.21. The summed E-state index contributed by atoms with van der Waals surface area (Å²) in [4.78, 5) is 41.9. The van der Waals surface area contributed by atoms with Crippen molar-refractivity contribution in [1.82, 2.24) is 10.3 Å². The molecule has 4 rings (SSSR count). The molecule has 0 aliphatic heterocycles. The second kappa shape index (κ2) is 13.3. The van der Waals surface area contributed by atoms with Crippen molar-refractivity contribution >= 4 is 62.3 Å². The van der Waals surface area contributed by atoms with Crippen LogP contribution in [0.5, 0.6) is 0 Å². The van der Waals surface area contributed by atoms with Crippen molar-refractivity contribution < 1.29 is 27.5 Å². The Labute approximate surface area is 247 Å². The highest BCUT2D eigenvalue weighted by Crippen LogP contribution is 2.33. The van der Waals surface area contributed by atoms with Crippen molar-refractivity contribution in [3.8, 4) is 0 Å². The molecule has 41 heavy (non-hydrogen) atoms. The zero-order valence-corrected chi connectivity index (χ0v) is 24.4. The van der Waals surface area contributed by atoms with Gasteiger partial charge in [-0.1, -0.05) is 60.3 Å². The van der Waals surface area contributed by atoms with Gasteiger partial charge >= 0.3 is 12.0 Å². The first kappa shape index (κ1) is 30.3. The number of amides is 3. The number of hydrogen-bond donors (Lipinski definition) is 3. The number of urea groups is 1. The SMILES string of the molecule is COC(=O)[C@H](Cc1ccc(NC(=O)c2c(Cl)cncc2Cl)cc1)NC(=O)Nc1ccccc1S(=O)(=O)C1CCCC1. The molecule has 0 bridgehead atoms. The van der Waals surface area contributed by atoms with E-state index in [1.807, 2.05) is 0 Å². The summed E-state index contributed by atoms with van der Waals surface area (Å²) < 4.78 is 31.2. The van der Waals surface area contributed by atoms with Gasteiger partial charge in [0.2, 0.25) is 0 Å². The second-order valence-corrected chi connectivity index (χ2v) is 12.5. The molecule has 1 atom stereocenters. The lowest BCUT2D eigenvalue weighted by Crippen LogP contribution is -2.45. The Balaban J connectivity index is 1.43. The minimum atomic E-state index is -3.63. The number of rotatable bonds is 9. The monoisotopic (exact) mass is 618 g/mol. The highest BCUT2D eigenvalue weighted by molar-refractivity contribution is 7.92. The van der Waals surface area contributed by atoms with Gasteiger partial charge in [0, 0.05) is 24.5 Å². The smallest absolute Gasteiger partial charge is 0.328 e. The van der Waals surface area contributed by atoms with Gasteiger partial charge < -0.3 is 20.7 Å². The molecule has 0 unspecified atom stereocenters. The maximum Gasteiger partial charge on any atom is 0.328 e. The van der Waals surface area contributed by atoms with Crippen LogP contribution in [0.15, 0.2) is 65.8 Å². The van der Waals surface area contributed by atoms with Crippen molar-refractivity contribution in [2.24, 2.45) is 0 Å². The van der Waals surface area contributed by atoms with Crippen LogP contribution in [0.1, 0.15) is 41.6 Å². The number of carbonyl (C=O) groups excluding carboxylic acids is 3. The molecular formula is C28H28Cl2N4O6S. The number of carbonyl (C=O) groups is 3. The number of methoxy groups -OCH3 is 1. The van der Waals surface area contributed by atoms with Crippen molar-refractivity contribution in [3.05, 3.63) is 82.1 Å². The number of anilines is 2. The number of halogens is 2. The maximum atomic E-state index is 13.2. The maximum absolute atomic E-state index is 13.2. The Hall–Kier alpha value is -3.67. The Kier molecular flexibility index (Phi) is 9.85. The molecule has 10 nitrogen and oxygen atoms in total. The van der Waals surface area contributed by atoms with Crippen LogP contribution in [0.3, 0.4) is 0 Å². The summed E-state index contributed by atoms with van der Waals surface area (Å²) >= 11 is 12.1. The van der Waals surface area contributed by atoms with E-state index in [4.69, 9.17) is 27.9 Å². The quantitative estimate of drug-likeness (QED) is 0.277. The fourth-order valence-electron chi connectivity index (χ4n) is 4.63. The minimum absolute atomic E-state index is 0.0450. The van der Waals surface area contributed by atoms with Crippen LogP contribution in [0.25, 0.3) is 0 Å². The molecule has 3 amide bonds. The first-order valence-electron chi connectivity index (χ1n) is 12.8. The first-order valence-corrected chi connectivity index (χ1v) is 15.1. The van der Waals surface area contributed by atoms with E-state index in [0.29, 0.717) is 24.1 Å². The Bertz CT molecular complexity index is 1520. The Morgan fingerprint density at radius 1 is 0.976 bits per heavy atom. The van der Waals surface area contributed by atoms with E-state index in [2.05, 4.69) is 20.9 Å². The summed E-state index contributed by atoms with van der Waals surface area (Å²) in [6.45, 7) is 0. The van der Waals surface area contributed by atoms with E-state index >= 15 is 0 Å². The average molecular weight is 620 g/mol. The third-order valence-corrected chi connectivity index (χ3v) is 9.60. The molecule has 13 heteroatoms. The van der Waals surface area contributed by atoms with Crippen LogP contribution in [-0.2, 0) is 25.8 Å². The first-order chi connectivity index (χ1) is 19.6. The molecule has 1 saturated carbocycles. The predicted octanol–water partition coefficient (Wildman–Crippen LogP) is 5.26. The van der Waals surface area contributed by atoms with Gasteiger partial charge in [0.05, 0.1) is 38.6 Å². The fourth-order valence-corrected chi connectivity index (χ4v) is 7.17. The number of nitrogens with zero attached hydrogens (tertiary/aromatic N) is 1. The summed E-state index contributed by atoms with van der Waals surface area (Å²) in [5, 5.41) is 7.58. The van der Waals surface area contributed by atoms with Gasteiger partial charge in [0.15, 0.2) is 9.84 Å². The highest BCUT2D eigenvalue weighted by atomic mass is 35.5. The third kappa shape index (κ3) is 7.35. The number of aromatic nitrogens is 1. The standard InChI is InChI=1S/C28H28Cl2N4O6S/c1-40-27(36)23(14-17-10-12-18(13-11-17)32-26(35)25-20(29)15-31-16-21(25)30)34-28(37)33-22-8-4-5-9-24(22)41(38,39)19-6-2-3-7-19/h4-5,8-13,15-16,19,23H,2-3,6-7,14H2,1H3,(H,32,35)(H2,33,34,37)/t23-/m0/s1. The summed E-state index contributed by atoms with van der Waals surface area (Å²) in [6.07, 6.45) is 5.56. The van der Waals surface area contributed by atoms with Crippen molar-refractivity contribution in [2.75, 3.05) is 17.7 Å². The lowest BCUT2D eigenvalue weighted by molar-refractivity contribution is -0.142. The van der Waals surface area contributed by atoms with Crippen LogP contribution in [0, 0.1) is 0 Å². The minimum Gasteiger partial charge on any atom is -0.467 e. The molecule has 1 heterocycles. The van der Waals surface area contributed by atoms with Gasteiger partial charge in [-0.05, 0) is 42.7 Å². The molecular weight excluding hydrogens is 591 g/mol. The molecule has 216 valence electrons. The summed E-state index contributed by atoms with van der Waals surface area (Å²) in [7, 11) is -2.43. The van der Waals surface area contributed by atoms with Crippen LogP contribution in [0.2, 0.25) is 10.0 Å². The second-order valence-electron chi connectivity index (χ2n) is 9.46. The normalized spacial score (nSPS) is 14.2. The van der Waals surface area contributed by atoms with Gasteiger partial charge in [-0.15, -0.1) is 0 Å². The van der Waals surface area contributed by atoms with E-state index in [0.717, 1.165) is 12.8 Å². The number of pyridine rings is 1. The van der Waals surface area contributed by atoms with Crippen LogP contribution in [0.4, 0.5) is 16.2 Å². The van der Waals surface area contributed by atoms with E-state index in [1.54, 1.807) is 36.4 Å². The van der Waals surface area contributed by atoms with Gasteiger partial charge in [-0.3, -0.25) is 9.78 Å². The van der Waals surface area contributed by atoms with Crippen LogP contribution in [-0.4, -0.2) is 49.7 Å². The topological polar surface area (TPSA) is 144 Å². The lowest BCUT2D eigenvalue weighted by atomic mass is 10.1. The number of hydrogen-bond acceptors (Lipinski definition) is 7. The molecule has 1 aromatic heterocycles. The Morgan fingerprint density at radius 3 is 2.24 bits per heavy atom. The molecule has 0 spiro atoms. The highest BCUT2D eigenvalue weighted by Gasteiger charge is 2.32. The molecule has 0 saturated heterocycles. The number of nitrogens with one attached hydrogen (secondary N) is 3. The van der Waals surface area contributed by atoms with Crippen molar-refractivity contribution in [3.63, 3.8) is 0 Å². The van der Waals surface area contributed by atoms with E-state index < -0.39 is 39.0 Å². The zero-order chi connectivity index (χ0) is 29.6. The zero-order valence-electron chi connectivity index (χ0n) is 22.0. The fraction of sp³-hybridized carbons (Fsp3) is 0.286. The number of ether oxygens (including phenoxy) is 1. The Morgan fingerprint density at radius 2 is 1.61 bits per heavy atom. The molecule has 3 N–H and O–H groups in total. The van der Waals surface area contributed by atoms with Crippen molar-refractivity contribution in [1.29, 1.82) is 0 Å². The van der Waals surface area contributed by atoms with E-state index in [1.165, 1.54) is 31.6 Å². The molecule has 2 aromatic carbocycles. The molecule has 0 radical (unpaired) electrons. The van der Waals surface area contributed by atoms with Crippen molar-refractivity contribution in [2.45, 2.75) is 48.3 Å². The third-order valence-electron chi connectivity index (χ3n) is 6.71. The van der Waals surface area contributed by atoms with Crippen LogP contribution >= 0.6 is 23.2 Å².